The van der Waals surface area contributed by atoms with Gasteiger partial charge in [0, 0.05) is 31.0 Å². The molecule has 0 spiro atoms. The zero-order chi connectivity index (χ0) is 22.3. The van der Waals surface area contributed by atoms with E-state index in [1.54, 1.807) is 16.8 Å². The number of rotatable bonds is 6. The van der Waals surface area contributed by atoms with E-state index in [1.165, 1.54) is 30.0 Å². The fraction of sp³-hybridized carbons (Fsp3) is 0.455. The van der Waals surface area contributed by atoms with Gasteiger partial charge in [0.05, 0.1) is 17.8 Å². The molecule has 1 atom stereocenters. The second kappa shape index (κ2) is 7.88. The third kappa shape index (κ3) is 3.97. The molecule has 1 aliphatic rings. The summed E-state index contributed by atoms with van der Waals surface area (Å²) in [5, 5.41) is 4.17. The molecule has 0 radical (unpaired) electrons. The zero-order valence-electron chi connectivity index (χ0n) is 18.0. The van der Waals surface area contributed by atoms with Crippen molar-refractivity contribution in [2.24, 2.45) is 11.1 Å². The molecule has 0 amide bonds. The number of anilines is 1. The van der Waals surface area contributed by atoms with Crippen molar-refractivity contribution in [1.29, 1.82) is 0 Å². The third-order valence-corrected chi connectivity index (χ3v) is 5.87. The molecule has 9 heteroatoms. The van der Waals surface area contributed by atoms with Gasteiger partial charge in [-0.05, 0) is 43.9 Å². The van der Waals surface area contributed by atoms with E-state index >= 15 is 0 Å². The van der Waals surface area contributed by atoms with Gasteiger partial charge in [-0.25, -0.2) is 13.9 Å². The SMILES string of the molecule is CC(=O)c1cnn2ccc(N3CCCC3c3cc(F)cn(CC(C)(C)CN)c3=O)nc12. The van der Waals surface area contributed by atoms with Crippen LogP contribution in [0.2, 0.25) is 0 Å². The molecule has 3 aromatic rings. The van der Waals surface area contributed by atoms with E-state index in [2.05, 4.69) is 10.1 Å². The van der Waals surface area contributed by atoms with Gasteiger partial charge in [-0.2, -0.15) is 5.10 Å². The average molecular weight is 426 g/mol. The van der Waals surface area contributed by atoms with E-state index in [-0.39, 0.29) is 22.8 Å². The maximum Gasteiger partial charge on any atom is 0.256 e. The van der Waals surface area contributed by atoms with Gasteiger partial charge in [0.2, 0.25) is 0 Å². The summed E-state index contributed by atoms with van der Waals surface area (Å²) in [6, 6.07) is 2.84. The van der Waals surface area contributed by atoms with Crippen LogP contribution in [0.5, 0.6) is 0 Å². The number of fused-ring (bicyclic) bond motifs is 1. The van der Waals surface area contributed by atoms with Crippen molar-refractivity contribution < 1.29 is 9.18 Å². The summed E-state index contributed by atoms with van der Waals surface area (Å²) >= 11 is 0. The molecule has 1 unspecified atom stereocenters. The number of aromatic nitrogens is 4. The summed E-state index contributed by atoms with van der Waals surface area (Å²) in [4.78, 5) is 31.8. The summed E-state index contributed by atoms with van der Waals surface area (Å²) in [5.74, 6) is 0.0657. The number of nitrogens with zero attached hydrogens (tertiary/aromatic N) is 5. The van der Waals surface area contributed by atoms with Gasteiger partial charge in [0.15, 0.2) is 11.4 Å². The van der Waals surface area contributed by atoms with Gasteiger partial charge >= 0.3 is 0 Å². The van der Waals surface area contributed by atoms with Crippen LogP contribution in [0, 0.1) is 11.2 Å². The Morgan fingerprint density at radius 2 is 2.16 bits per heavy atom. The van der Waals surface area contributed by atoms with Crippen molar-refractivity contribution in [3.8, 4) is 0 Å². The number of pyridine rings is 1. The lowest BCUT2D eigenvalue weighted by atomic mass is 9.93. The molecule has 8 nitrogen and oxygen atoms in total. The topological polar surface area (TPSA) is 98.5 Å². The normalized spacial score (nSPS) is 16.9. The molecule has 0 aromatic carbocycles. The van der Waals surface area contributed by atoms with E-state index in [9.17, 15) is 14.0 Å². The Morgan fingerprint density at radius 1 is 1.39 bits per heavy atom. The Bertz CT molecular complexity index is 1200. The first-order valence-electron chi connectivity index (χ1n) is 10.4. The maximum atomic E-state index is 14.5. The molecule has 0 bridgehead atoms. The molecule has 31 heavy (non-hydrogen) atoms. The summed E-state index contributed by atoms with van der Waals surface area (Å²) in [6.07, 6.45) is 6.05. The predicted octanol–water partition coefficient (Wildman–Crippen LogP) is 2.56. The number of carbonyl (C=O) groups excluding carboxylic acids is 1. The number of nitrogens with two attached hydrogens (primary N) is 1. The molecular weight excluding hydrogens is 399 g/mol. The molecule has 4 heterocycles. The summed E-state index contributed by atoms with van der Waals surface area (Å²) in [6.45, 7) is 6.77. The minimum Gasteiger partial charge on any atom is -0.349 e. The predicted molar refractivity (Wildman–Crippen MR) is 116 cm³/mol. The lowest BCUT2D eigenvalue weighted by Gasteiger charge is -2.27. The van der Waals surface area contributed by atoms with Crippen LogP contribution in [0.1, 0.15) is 55.6 Å². The van der Waals surface area contributed by atoms with Crippen molar-refractivity contribution in [2.45, 2.75) is 46.2 Å². The average Bonchev–Trinajstić information content (AvgIpc) is 3.36. The zero-order valence-corrected chi connectivity index (χ0v) is 18.0. The van der Waals surface area contributed by atoms with E-state index in [4.69, 9.17) is 5.73 Å². The van der Waals surface area contributed by atoms with Crippen molar-refractivity contribution in [3.63, 3.8) is 0 Å². The Balaban J connectivity index is 1.75. The Morgan fingerprint density at radius 3 is 2.87 bits per heavy atom. The van der Waals surface area contributed by atoms with Crippen LogP contribution in [0.25, 0.3) is 5.65 Å². The minimum atomic E-state index is -0.452. The molecular formula is C22H27FN6O2. The fourth-order valence-corrected chi connectivity index (χ4v) is 4.13. The van der Waals surface area contributed by atoms with E-state index in [0.717, 1.165) is 6.42 Å². The van der Waals surface area contributed by atoms with Gasteiger partial charge in [-0.3, -0.25) is 9.59 Å². The van der Waals surface area contributed by atoms with Crippen LogP contribution < -0.4 is 16.2 Å². The van der Waals surface area contributed by atoms with Gasteiger partial charge in [-0.1, -0.05) is 13.8 Å². The first kappa shape index (κ1) is 21.2. The summed E-state index contributed by atoms with van der Waals surface area (Å²) in [7, 11) is 0. The van der Waals surface area contributed by atoms with Gasteiger partial charge in [0.1, 0.15) is 11.6 Å². The number of Topliss-reactive ketones (excluding diaryl/α,β-unsaturated/α-hetero) is 1. The van der Waals surface area contributed by atoms with Crippen molar-refractivity contribution >= 4 is 17.2 Å². The summed E-state index contributed by atoms with van der Waals surface area (Å²) in [5.41, 5.74) is 6.59. The van der Waals surface area contributed by atoms with Crippen LogP contribution in [0.15, 0.2) is 35.5 Å². The Hall–Kier alpha value is -3.07. The van der Waals surface area contributed by atoms with E-state index < -0.39 is 5.82 Å². The quantitative estimate of drug-likeness (QED) is 0.609. The standard InChI is InChI=1S/C22H27FN6O2/c1-14(30)17-10-25-29-8-6-19(26-20(17)29)28-7-4-5-18(28)16-9-15(23)11-27(21(16)31)13-22(2,3)12-24/h6,8-11,18H,4-5,7,12-13,24H2,1-3H3. The van der Waals surface area contributed by atoms with Crippen LogP contribution in [0.3, 0.4) is 0 Å². The van der Waals surface area contributed by atoms with Crippen molar-refractivity contribution in [1.82, 2.24) is 19.2 Å². The lowest BCUT2D eigenvalue weighted by molar-refractivity contribution is 0.101. The minimum absolute atomic E-state index is 0.117. The van der Waals surface area contributed by atoms with Crippen LogP contribution in [0.4, 0.5) is 10.2 Å². The van der Waals surface area contributed by atoms with Gasteiger partial charge in [0.25, 0.3) is 5.56 Å². The number of hydrogen-bond acceptors (Lipinski definition) is 6. The molecule has 1 fully saturated rings. The van der Waals surface area contributed by atoms with Crippen LogP contribution in [-0.2, 0) is 6.54 Å². The highest BCUT2D eigenvalue weighted by Gasteiger charge is 2.31. The smallest absolute Gasteiger partial charge is 0.256 e. The number of carbonyl (C=O) groups is 1. The molecule has 1 aliphatic heterocycles. The third-order valence-electron chi connectivity index (χ3n) is 5.87. The molecule has 0 saturated carbocycles. The van der Waals surface area contributed by atoms with Gasteiger partial charge < -0.3 is 15.2 Å². The molecule has 2 N–H and O–H groups in total. The number of hydrogen-bond donors (Lipinski definition) is 1. The van der Waals surface area contributed by atoms with Crippen LogP contribution >= 0.6 is 0 Å². The number of halogens is 1. The summed E-state index contributed by atoms with van der Waals surface area (Å²) < 4.78 is 17.5. The monoisotopic (exact) mass is 426 g/mol. The largest absolute Gasteiger partial charge is 0.349 e. The second-order valence-electron chi connectivity index (χ2n) is 8.93. The van der Waals surface area contributed by atoms with E-state index in [1.807, 2.05) is 18.7 Å². The lowest BCUT2D eigenvalue weighted by Crippen LogP contribution is -2.37. The van der Waals surface area contributed by atoms with Gasteiger partial charge in [-0.15, -0.1) is 0 Å². The maximum absolute atomic E-state index is 14.5. The van der Waals surface area contributed by atoms with Crippen molar-refractivity contribution in [2.75, 3.05) is 18.0 Å². The fourth-order valence-electron chi connectivity index (χ4n) is 4.13. The number of ketones is 1. The highest BCUT2D eigenvalue weighted by atomic mass is 19.1. The Kier molecular flexibility index (Phi) is 5.38. The van der Waals surface area contributed by atoms with E-state index in [0.29, 0.717) is 48.6 Å². The molecule has 3 aromatic heterocycles. The van der Waals surface area contributed by atoms with Crippen LogP contribution in [-0.4, -0.2) is 38.0 Å². The molecule has 164 valence electrons. The first-order valence-corrected chi connectivity index (χ1v) is 10.4. The second-order valence-corrected chi connectivity index (χ2v) is 8.93. The first-order chi connectivity index (χ1) is 14.7. The highest BCUT2D eigenvalue weighted by molar-refractivity contribution is 5.99. The Labute approximate surface area is 179 Å². The molecule has 1 saturated heterocycles. The molecule has 4 rings (SSSR count). The highest BCUT2D eigenvalue weighted by Crippen LogP contribution is 2.34. The molecule has 0 aliphatic carbocycles. The van der Waals surface area contributed by atoms with Crippen molar-refractivity contribution in [3.05, 3.63) is 58.0 Å².